The lowest BCUT2D eigenvalue weighted by Crippen LogP contribution is -2.30. The Labute approximate surface area is 157 Å². The Kier molecular flexibility index (Phi) is 5.21. The van der Waals surface area contributed by atoms with Crippen molar-refractivity contribution in [3.8, 4) is 0 Å². The van der Waals surface area contributed by atoms with Gasteiger partial charge < -0.3 is 10.1 Å². The lowest BCUT2D eigenvalue weighted by atomic mass is 10.2. The van der Waals surface area contributed by atoms with Crippen LogP contribution in [-0.2, 0) is 9.53 Å². The molecule has 1 aromatic heterocycles. The number of nitro groups is 1. The van der Waals surface area contributed by atoms with E-state index in [1.54, 1.807) is 24.3 Å². The number of rotatable bonds is 5. The summed E-state index contributed by atoms with van der Waals surface area (Å²) in [5.41, 5.74) is 0.228. The fourth-order valence-corrected chi connectivity index (χ4v) is 2.30. The number of esters is 1. The van der Waals surface area contributed by atoms with Crippen LogP contribution in [-0.4, -0.2) is 32.9 Å². The molecule has 0 fully saturated rings. The first-order valence-corrected chi connectivity index (χ1v) is 8.02. The standard InChI is InChI=1S/C18H13FN4O5/c1-10(17(24)21-11-6-7-12(19)16(8-11)23(26)27)28-18(25)15-9-20-13-4-2-3-5-14(13)22-15/h2-10H,1H3,(H,21,24). The molecule has 9 nitrogen and oxygen atoms in total. The molecule has 0 saturated heterocycles. The van der Waals surface area contributed by atoms with E-state index in [-0.39, 0.29) is 11.4 Å². The van der Waals surface area contributed by atoms with E-state index in [9.17, 15) is 24.1 Å². The predicted octanol–water partition coefficient (Wildman–Crippen LogP) is 2.86. The van der Waals surface area contributed by atoms with Gasteiger partial charge in [-0.2, -0.15) is 4.39 Å². The molecule has 0 spiro atoms. The van der Waals surface area contributed by atoms with Crippen LogP contribution in [0.2, 0.25) is 0 Å². The van der Waals surface area contributed by atoms with Crippen molar-refractivity contribution in [1.82, 2.24) is 9.97 Å². The van der Waals surface area contributed by atoms with E-state index < -0.39 is 34.4 Å². The Hall–Kier alpha value is -3.95. The Bertz CT molecular complexity index is 1090. The number of fused-ring (bicyclic) bond motifs is 1. The highest BCUT2D eigenvalue weighted by molar-refractivity contribution is 5.97. The predicted molar refractivity (Wildman–Crippen MR) is 96.1 cm³/mol. The lowest BCUT2D eigenvalue weighted by molar-refractivity contribution is -0.387. The summed E-state index contributed by atoms with van der Waals surface area (Å²) in [7, 11) is 0. The smallest absolute Gasteiger partial charge is 0.359 e. The van der Waals surface area contributed by atoms with E-state index in [0.29, 0.717) is 11.0 Å². The summed E-state index contributed by atoms with van der Waals surface area (Å²) in [6.07, 6.45) is 0.00315. The molecule has 0 radical (unpaired) electrons. The van der Waals surface area contributed by atoms with Crippen molar-refractivity contribution >= 4 is 34.3 Å². The SMILES string of the molecule is CC(OC(=O)c1cnc2ccccc2n1)C(=O)Nc1ccc(F)c([N+](=O)[O-])c1. The molecule has 1 amide bonds. The van der Waals surface area contributed by atoms with Crippen molar-refractivity contribution in [3.05, 3.63) is 70.3 Å². The van der Waals surface area contributed by atoms with Gasteiger partial charge in [-0.05, 0) is 31.2 Å². The van der Waals surface area contributed by atoms with Gasteiger partial charge in [0.1, 0.15) is 0 Å². The Morgan fingerprint density at radius 1 is 1.21 bits per heavy atom. The van der Waals surface area contributed by atoms with Crippen molar-refractivity contribution in [2.45, 2.75) is 13.0 Å². The quantitative estimate of drug-likeness (QED) is 0.407. The van der Waals surface area contributed by atoms with Gasteiger partial charge in [0, 0.05) is 11.8 Å². The van der Waals surface area contributed by atoms with E-state index >= 15 is 0 Å². The largest absolute Gasteiger partial charge is 0.448 e. The van der Waals surface area contributed by atoms with Gasteiger partial charge in [-0.1, -0.05) is 12.1 Å². The summed E-state index contributed by atoms with van der Waals surface area (Å²) in [6, 6.07) is 9.81. The first-order chi connectivity index (χ1) is 13.3. The molecule has 28 heavy (non-hydrogen) atoms. The maximum absolute atomic E-state index is 13.4. The highest BCUT2D eigenvalue weighted by atomic mass is 19.1. The summed E-state index contributed by atoms with van der Waals surface area (Å²) in [5.74, 6) is -2.63. The average molecular weight is 384 g/mol. The topological polar surface area (TPSA) is 124 Å². The highest BCUT2D eigenvalue weighted by Gasteiger charge is 2.22. The summed E-state index contributed by atoms with van der Waals surface area (Å²) < 4.78 is 18.4. The van der Waals surface area contributed by atoms with Crippen LogP contribution >= 0.6 is 0 Å². The average Bonchev–Trinajstić information content (AvgIpc) is 2.68. The first-order valence-electron chi connectivity index (χ1n) is 8.02. The lowest BCUT2D eigenvalue weighted by Gasteiger charge is -2.13. The molecule has 0 saturated carbocycles. The molecule has 1 heterocycles. The molecule has 1 atom stereocenters. The third-order valence-corrected chi connectivity index (χ3v) is 3.72. The van der Waals surface area contributed by atoms with Crippen molar-refractivity contribution < 1.29 is 23.6 Å². The second kappa shape index (κ2) is 7.74. The van der Waals surface area contributed by atoms with Gasteiger partial charge in [0.05, 0.1) is 22.2 Å². The van der Waals surface area contributed by atoms with Crippen LogP contribution in [0.3, 0.4) is 0 Å². The number of nitrogens with zero attached hydrogens (tertiary/aromatic N) is 3. The van der Waals surface area contributed by atoms with Crippen LogP contribution in [0.25, 0.3) is 11.0 Å². The number of ether oxygens (including phenoxy) is 1. The third-order valence-electron chi connectivity index (χ3n) is 3.72. The van der Waals surface area contributed by atoms with Gasteiger partial charge in [0.2, 0.25) is 5.82 Å². The number of nitro benzene ring substituents is 1. The van der Waals surface area contributed by atoms with Crippen molar-refractivity contribution in [3.63, 3.8) is 0 Å². The Morgan fingerprint density at radius 3 is 2.64 bits per heavy atom. The summed E-state index contributed by atoms with van der Waals surface area (Å²) in [4.78, 5) is 42.4. The van der Waals surface area contributed by atoms with Gasteiger partial charge in [0.15, 0.2) is 11.8 Å². The van der Waals surface area contributed by atoms with Crippen molar-refractivity contribution in [1.29, 1.82) is 0 Å². The van der Waals surface area contributed by atoms with Gasteiger partial charge in [-0.15, -0.1) is 0 Å². The summed E-state index contributed by atoms with van der Waals surface area (Å²) in [6.45, 7) is 1.32. The Balaban J connectivity index is 1.68. The zero-order valence-corrected chi connectivity index (χ0v) is 14.5. The molecular formula is C18H13FN4O5. The minimum atomic E-state index is -1.23. The molecule has 3 aromatic rings. The zero-order chi connectivity index (χ0) is 20.3. The molecule has 0 aliphatic heterocycles. The van der Waals surface area contributed by atoms with Crippen LogP contribution in [0.1, 0.15) is 17.4 Å². The fraction of sp³-hybridized carbons (Fsp3) is 0.111. The second-order valence-electron chi connectivity index (χ2n) is 5.70. The van der Waals surface area contributed by atoms with Crippen molar-refractivity contribution in [2.75, 3.05) is 5.32 Å². The highest BCUT2D eigenvalue weighted by Crippen LogP contribution is 2.22. The van der Waals surface area contributed by atoms with Gasteiger partial charge >= 0.3 is 11.7 Å². The molecule has 142 valence electrons. The molecule has 0 aliphatic rings. The van der Waals surface area contributed by atoms with Crippen LogP contribution in [0.5, 0.6) is 0 Å². The number of aromatic nitrogens is 2. The number of carbonyl (C=O) groups is 2. The van der Waals surface area contributed by atoms with E-state index in [4.69, 9.17) is 4.74 Å². The third kappa shape index (κ3) is 4.06. The molecule has 1 unspecified atom stereocenters. The molecule has 0 bridgehead atoms. The maximum Gasteiger partial charge on any atom is 0.359 e. The minimum Gasteiger partial charge on any atom is -0.448 e. The number of hydrogen-bond acceptors (Lipinski definition) is 7. The molecule has 2 aromatic carbocycles. The van der Waals surface area contributed by atoms with E-state index in [1.165, 1.54) is 13.1 Å². The van der Waals surface area contributed by atoms with Crippen LogP contribution in [0.15, 0.2) is 48.7 Å². The number of nitrogens with one attached hydrogen (secondary N) is 1. The Morgan fingerprint density at radius 2 is 1.93 bits per heavy atom. The fourth-order valence-electron chi connectivity index (χ4n) is 2.30. The van der Waals surface area contributed by atoms with Crippen LogP contribution in [0.4, 0.5) is 15.8 Å². The molecule has 1 N–H and O–H groups in total. The maximum atomic E-state index is 13.4. The molecule has 10 heteroatoms. The molecule has 0 aliphatic carbocycles. The van der Waals surface area contributed by atoms with Crippen molar-refractivity contribution in [2.24, 2.45) is 0 Å². The summed E-state index contributed by atoms with van der Waals surface area (Å²) >= 11 is 0. The second-order valence-corrected chi connectivity index (χ2v) is 5.70. The van der Waals surface area contributed by atoms with Gasteiger partial charge in [-0.25, -0.2) is 9.78 Å². The number of hydrogen-bond donors (Lipinski definition) is 1. The van der Waals surface area contributed by atoms with Crippen LogP contribution < -0.4 is 5.32 Å². The number of anilines is 1. The van der Waals surface area contributed by atoms with Gasteiger partial charge in [-0.3, -0.25) is 19.9 Å². The van der Waals surface area contributed by atoms with Gasteiger partial charge in [0.25, 0.3) is 5.91 Å². The molecule has 3 rings (SSSR count). The summed E-state index contributed by atoms with van der Waals surface area (Å²) in [5, 5.41) is 13.1. The zero-order valence-electron chi connectivity index (χ0n) is 14.5. The number of halogens is 1. The molecular weight excluding hydrogens is 371 g/mol. The van der Waals surface area contributed by atoms with Crippen LogP contribution in [0, 0.1) is 15.9 Å². The van der Waals surface area contributed by atoms with E-state index in [2.05, 4.69) is 15.3 Å². The number of para-hydroxylation sites is 2. The van der Waals surface area contributed by atoms with E-state index in [1.807, 2.05) is 0 Å². The van der Waals surface area contributed by atoms with E-state index in [0.717, 1.165) is 18.2 Å². The number of benzene rings is 2. The minimum absolute atomic E-state index is 0.00787. The number of amides is 1. The number of carbonyl (C=O) groups excluding carboxylic acids is 2. The first kappa shape index (κ1) is 18.8. The normalized spacial score (nSPS) is 11.6. The monoisotopic (exact) mass is 384 g/mol.